The van der Waals surface area contributed by atoms with Crippen molar-refractivity contribution in [2.45, 2.75) is 13.3 Å². The zero-order valence-corrected chi connectivity index (χ0v) is 11.1. The van der Waals surface area contributed by atoms with Gasteiger partial charge in [-0.05, 0) is 43.3 Å². The van der Waals surface area contributed by atoms with Crippen LogP contribution in [-0.2, 0) is 16.0 Å². The number of anilines is 1. The normalized spacial score (nSPS) is 10.1. The van der Waals surface area contributed by atoms with Gasteiger partial charge < -0.3 is 14.5 Å². The highest BCUT2D eigenvalue weighted by Gasteiger charge is 2.08. The quantitative estimate of drug-likeness (QED) is 0.850. The topological polar surface area (TPSA) is 68.5 Å². The van der Waals surface area contributed by atoms with Gasteiger partial charge in [-0.2, -0.15) is 0 Å². The summed E-state index contributed by atoms with van der Waals surface area (Å²) in [5, 5.41) is 2.73. The summed E-state index contributed by atoms with van der Waals surface area (Å²) in [7, 11) is 0. The van der Waals surface area contributed by atoms with E-state index in [9.17, 15) is 9.59 Å². The monoisotopic (exact) mass is 273 g/mol. The Morgan fingerprint density at radius 3 is 2.55 bits per heavy atom. The van der Waals surface area contributed by atoms with Crippen LogP contribution in [0.5, 0.6) is 0 Å². The summed E-state index contributed by atoms with van der Waals surface area (Å²) in [5.41, 5.74) is 1.07. The Labute approximate surface area is 116 Å². The molecule has 1 amide bonds. The van der Waals surface area contributed by atoms with Crippen molar-refractivity contribution in [1.82, 2.24) is 0 Å². The number of benzene rings is 1. The van der Waals surface area contributed by atoms with Gasteiger partial charge in [0.1, 0.15) is 5.76 Å². The first-order valence-electron chi connectivity index (χ1n) is 6.28. The summed E-state index contributed by atoms with van der Waals surface area (Å²) < 4.78 is 9.98. The standard InChI is InChI=1S/C15H15NO4/c1-2-19-15(18)11-5-7-12(8-6-11)16-14(17)10-13-4-3-9-20-13/h3-9H,2,10H2,1H3,(H,16,17). The van der Waals surface area contributed by atoms with Crippen molar-refractivity contribution in [3.8, 4) is 0 Å². The number of ether oxygens (including phenoxy) is 1. The van der Waals surface area contributed by atoms with Gasteiger partial charge in [0.15, 0.2) is 0 Å². The molecule has 20 heavy (non-hydrogen) atoms. The third kappa shape index (κ3) is 3.71. The lowest BCUT2D eigenvalue weighted by molar-refractivity contribution is -0.115. The van der Waals surface area contributed by atoms with Crippen LogP contribution in [0.3, 0.4) is 0 Å². The van der Waals surface area contributed by atoms with E-state index < -0.39 is 0 Å². The minimum Gasteiger partial charge on any atom is -0.469 e. The van der Waals surface area contributed by atoms with E-state index in [0.717, 1.165) is 0 Å². The molecule has 2 rings (SSSR count). The molecule has 0 aliphatic heterocycles. The molecular formula is C15H15NO4. The van der Waals surface area contributed by atoms with E-state index in [1.165, 1.54) is 6.26 Å². The van der Waals surface area contributed by atoms with Gasteiger partial charge in [-0.3, -0.25) is 4.79 Å². The van der Waals surface area contributed by atoms with Crippen molar-refractivity contribution >= 4 is 17.6 Å². The van der Waals surface area contributed by atoms with Crippen molar-refractivity contribution in [3.63, 3.8) is 0 Å². The van der Waals surface area contributed by atoms with Crippen LogP contribution in [0.15, 0.2) is 47.1 Å². The Bertz CT molecular complexity index is 572. The molecule has 5 heteroatoms. The van der Waals surface area contributed by atoms with E-state index in [2.05, 4.69) is 5.32 Å². The van der Waals surface area contributed by atoms with Gasteiger partial charge in [-0.15, -0.1) is 0 Å². The number of rotatable bonds is 5. The third-order valence-electron chi connectivity index (χ3n) is 2.59. The maximum atomic E-state index is 11.7. The van der Waals surface area contributed by atoms with Crippen LogP contribution < -0.4 is 5.32 Å². The summed E-state index contributed by atoms with van der Waals surface area (Å²) in [6, 6.07) is 10.0. The maximum Gasteiger partial charge on any atom is 0.338 e. The Hall–Kier alpha value is -2.56. The zero-order valence-electron chi connectivity index (χ0n) is 11.1. The van der Waals surface area contributed by atoms with Gasteiger partial charge in [0.2, 0.25) is 5.91 Å². The second-order valence-corrected chi connectivity index (χ2v) is 4.10. The maximum absolute atomic E-state index is 11.7. The van der Waals surface area contributed by atoms with Gasteiger partial charge >= 0.3 is 5.97 Å². The second-order valence-electron chi connectivity index (χ2n) is 4.10. The van der Waals surface area contributed by atoms with E-state index in [4.69, 9.17) is 9.15 Å². The van der Waals surface area contributed by atoms with Crippen molar-refractivity contribution in [3.05, 3.63) is 54.0 Å². The molecule has 0 saturated heterocycles. The molecule has 0 atom stereocenters. The summed E-state index contributed by atoms with van der Waals surface area (Å²) >= 11 is 0. The Balaban J connectivity index is 1.93. The molecule has 0 bridgehead atoms. The van der Waals surface area contributed by atoms with Crippen molar-refractivity contribution in [2.75, 3.05) is 11.9 Å². The molecule has 0 aliphatic carbocycles. The highest BCUT2D eigenvalue weighted by molar-refractivity contribution is 5.93. The number of esters is 1. The smallest absolute Gasteiger partial charge is 0.338 e. The lowest BCUT2D eigenvalue weighted by Gasteiger charge is -2.05. The predicted molar refractivity (Wildman–Crippen MR) is 73.4 cm³/mol. The fourth-order valence-corrected chi connectivity index (χ4v) is 1.68. The molecule has 0 aliphatic rings. The zero-order chi connectivity index (χ0) is 14.4. The number of nitrogens with one attached hydrogen (secondary N) is 1. The van der Waals surface area contributed by atoms with Gasteiger partial charge in [-0.25, -0.2) is 4.79 Å². The average molecular weight is 273 g/mol. The van der Waals surface area contributed by atoms with E-state index >= 15 is 0 Å². The third-order valence-corrected chi connectivity index (χ3v) is 2.59. The van der Waals surface area contributed by atoms with E-state index in [-0.39, 0.29) is 18.3 Å². The van der Waals surface area contributed by atoms with Gasteiger partial charge in [0.05, 0.1) is 24.9 Å². The minimum atomic E-state index is -0.374. The number of furan rings is 1. The Morgan fingerprint density at radius 1 is 1.20 bits per heavy atom. The first kappa shape index (κ1) is 13.9. The predicted octanol–water partition coefficient (Wildman–Crippen LogP) is 2.64. The van der Waals surface area contributed by atoms with Crippen LogP contribution in [0.25, 0.3) is 0 Å². The SMILES string of the molecule is CCOC(=O)c1ccc(NC(=O)Cc2ccco2)cc1. The molecule has 1 aromatic carbocycles. The lowest BCUT2D eigenvalue weighted by Crippen LogP contribution is -2.14. The average Bonchev–Trinajstić information content (AvgIpc) is 2.92. The molecule has 104 valence electrons. The largest absolute Gasteiger partial charge is 0.469 e. The molecule has 0 spiro atoms. The summed E-state index contributed by atoms with van der Waals surface area (Å²) in [6.45, 7) is 2.08. The fraction of sp³-hybridized carbons (Fsp3) is 0.200. The number of hydrogen-bond donors (Lipinski definition) is 1. The first-order valence-corrected chi connectivity index (χ1v) is 6.28. The van der Waals surface area contributed by atoms with Crippen molar-refractivity contribution in [2.24, 2.45) is 0 Å². The molecule has 0 saturated carbocycles. The molecular weight excluding hydrogens is 258 g/mol. The highest BCUT2D eigenvalue weighted by atomic mass is 16.5. The van der Waals surface area contributed by atoms with Crippen molar-refractivity contribution in [1.29, 1.82) is 0 Å². The number of amides is 1. The first-order chi connectivity index (χ1) is 9.69. The molecule has 1 aromatic heterocycles. The summed E-state index contributed by atoms with van der Waals surface area (Å²) in [4.78, 5) is 23.2. The Morgan fingerprint density at radius 2 is 1.95 bits per heavy atom. The summed E-state index contributed by atoms with van der Waals surface area (Å²) in [6.07, 6.45) is 1.70. The van der Waals surface area contributed by atoms with Crippen LogP contribution >= 0.6 is 0 Å². The van der Waals surface area contributed by atoms with E-state index in [0.29, 0.717) is 23.6 Å². The molecule has 1 N–H and O–H groups in total. The van der Waals surface area contributed by atoms with Crippen LogP contribution in [0, 0.1) is 0 Å². The van der Waals surface area contributed by atoms with Crippen LogP contribution in [0.1, 0.15) is 23.0 Å². The molecule has 0 unspecified atom stereocenters. The number of carbonyl (C=O) groups excluding carboxylic acids is 2. The van der Waals surface area contributed by atoms with E-state index in [1.807, 2.05) is 0 Å². The second kappa shape index (κ2) is 6.56. The summed E-state index contributed by atoms with van der Waals surface area (Å²) in [5.74, 6) is 0.0513. The van der Waals surface area contributed by atoms with Crippen LogP contribution in [0.4, 0.5) is 5.69 Å². The molecule has 2 aromatic rings. The van der Waals surface area contributed by atoms with Gasteiger partial charge in [-0.1, -0.05) is 0 Å². The molecule has 0 fully saturated rings. The van der Waals surface area contributed by atoms with Crippen LogP contribution in [-0.4, -0.2) is 18.5 Å². The fourth-order valence-electron chi connectivity index (χ4n) is 1.68. The minimum absolute atomic E-state index is 0.173. The highest BCUT2D eigenvalue weighted by Crippen LogP contribution is 2.11. The molecule has 1 heterocycles. The van der Waals surface area contributed by atoms with Gasteiger partial charge in [0, 0.05) is 5.69 Å². The van der Waals surface area contributed by atoms with Crippen molar-refractivity contribution < 1.29 is 18.7 Å². The molecule has 0 radical (unpaired) electrons. The molecule has 5 nitrogen and oxygen atoms in total. The van der Waals surface area contributed by atoms with Gasteiger partial charge in [0.25, 0.3) is 0 Å². The van der Waals surface area contributed by atoms with E-state index in [1.54, 1.807) is 43.3 Å². The Kier molecular flexibility index (Phi) is 4.55. The number of hydrogen-bond acceptors (Lipinski definition) is 4. The van der Waals surface area contributed by atoms with Crippen LogP contribution in [0.2, 0.25) is 0 Å². The number of carbonyl (C=O) groups is 2. The lowest BCUT2D eigenvalue weighted by atomic mass is 10.2.